The average molecular weight is 378 g/mol. The molecular weight excluding hydrogens is 352 g/mol. The number of aryl methyl sites for hydroxylation is 1. The summed E-state index contributed by atoms with van der Waals surface area (Å²) >= 11 is 0. The molecule has 1 aliphatic heterocycles. The molecule has 5 heteroatoms. The van der Waals surface area contributed by atoms with Crippen molar-refractivity contribution in [3.05, 3.63) is 59.8 Å². The van der Waals surface area contributed by atoms with Crippen molar-refractivity contribution in [2.75, 3.05) is 26.8 Å². The lowest BCUT2D eigenvalue weighted by atomic mass is 9.98. The summed E-state index contributed by atoms with van der Waals surface area (Å²) in [7, 11) is 1.65. The van der Waals surface area contributed by atoms with Gasteiger partial charge in [-0.3, -0.25) is 4.79 Å². The lowest BCUT2D eigenvalue weighted by Gasteiger charge is -2.32. The van der Waals surface area contributed by atoms with Gasteiger partial charge in [0, 0.05) is 36.0 Å². The molecule has 0 spiro atoms. The number of amides is 1. The molecule has 5 nitrogen and oxygen atoms in total. The Hall–Kier alpha value is -2.95. The number of para-hydroxylation sites is 1. The van der Waals surface area contributed by atoms with Gasteiger partial charge in [-0.1, -0.05) is 24.3 Å². The second kappa shape index (κ2) is 7.97. The Morgan fingerprint density at radius 3 is 2.82 bits per heavy atom. The van der Waals surface area contributed by atoms with Crippen LogP contribution in [0, 0.1) is 12.8 Å². The molecule has 0 saturated carbocycles. The van der Waals surface area contributed by atoms with Gasteiger partial charge in [0.25, 0.3) is 5.91 Å². The van der Waals surface area contributed by atoms with Gasteiger partial charge in [-0.25, -0.2) is 0 Å². The summed E-state index contributed by atoms with van der Waals surface area (Å²) in [6.07, 6.45) is 2.07. The molecule has 0 aliphatic carbocycles. The number of likely N-dealkylation sites (tertiary alicyclic amines) is 1. The van der Waals surface area contributed by atoms with Gasteiger partial charge in [-0.15, -0.1) is 0 Å². The third-order valence-electron chi connectivity index (χ3n) is 5.51. The van der Waals surface area contributed by atoms with E-state index < -0.39 is 0 Å². The number of carbonyl (C=O) groups excluding carboxylic acids is 1. The van der Waals surface area contributed by atoms with E-state index in [2.05, 4.69) is 11.1 Å². The Morgan fingerprint density at radius 1 is 1.18 bits per heavy atom. The number of H-pyrrole nitrogens is 1. The number of piperidine rings is 1. The Kier molecular flexibility index (Phi) is 5.24. The van der Waals surface area contributed by atoms with E-state index in [9.17, 15) is 4.79 Å². The highest BCUT2D eigenvalue weighted by atomic mass is 16.5. The number of aromatic nitrogens is 1. The van der Waals surface area contributed by atoms with Crippen LogP contribution in [-0.2, 0) is 0 Å². The lowest BCUT2D eigenvalue weighted by molar-refractivity contribution is 0.0628. The number of methoxy groups -OCH3 is 1. The van der Waals surface area contributed by atoms with Gasteiger partial charge < -0.3 is 19.4 Å². The Labute approximate surface area is 165 Å². The van der Waals surface area contributed by atoms with Crippen LogP contribution in [-0.4, -0.2) is 42.6 Å². The van der Waals surface area contributed by atoms with Crippen molar-refractivity contribution in [3.63, 3.8) is 0 Å². The number of nitrogens with zero attached hydrogens (tertiary/aromatic N) is 1. The summed E-state index contributed by atoms with van der Waals surface area (Å²) < 4.78 is 11.2. The zero-order valence-corrected chi connectivity index (χ0v) is 16.4. The van der Waals surface area contributed by atoms with Crippen molar-refractivity contribution < 1.29 is 14.3 Å². The number of hydrogen-bond acceptors (Lipinski definition) is 3. The molecule has 1 atom stereocenters. The van der Waals surface area contributed by atoms with Crippen LogP contribution in [0.25, 0.3) is 10.9 Å². The molecule has 1 N–H and O–H groups in total. The molecule has 1 aromatic heterocycles. The Morgan fingerprint density at radius 2 is 2.00 bits per heavy atom. The summed E-state index contributed by atoms with van der Waals surface area (Å²) in [6.45, 7) is 4.13. The second-order valence-corrected chi connectivity index (χ2v) is 7.42. The number of ether oxygens (including phenoxy) is 2. The van der Waals surface area contributed by atoms with E-state index in [1.165, 1.54) is 0 Å². The highest BCUT2D eigenvalue weighted by Gasteiger charge is 2.27. The topological polar surface area (TPSA) is 54.6 Å². The van der Waals surface area contributed by atoms with Crippen molar-refractivity contribution in [2.24, 2.45) is 5.92 Å². The van der Waals surface area contributed by atoms with E-state index in [1.807, 2.05) is 54.3 Å². The number of fused-ring (bicyclic) bond motifs is 1. The molecule has 2 aromatic carbocycles. The van der Waals surface area contributed by atoms with Crippen LogP contribution in [0.15, 0.2) is 48.5 Å². The van der Waals surface area contributed by atoms with Gasteiger partial charge in [0.2, 0.25) is 0 Å². The molecule has 1 amide bonds. The van der Waals surface area contributed by atoms with E-state index in [0.29, 0.717) is 18.2 Å². The molecule has 1 fully saturated rings. The van der Waals surface area contributed by atoms with Gasteiger partial charge in [-0.2, -0.15) is 0 Å². The fourth-order valence-electron chi connectivity index (χ4n) is 3.94. The van der Waals surface area contributed by atoms with E-state index in [0.717, 1.165) is 53.9 Å². The number of benzene rings is 2. The zero-order valence-electron chi connectivity index (χ0n) is 16.4. The monoisotopic (exact) mass is 378 g/mol. The van der Waals surface area contributed by atoms with Crippen molar-refractivity contribution in [1.29, 1.82) is 0 Å². The minimum absolute atomic E-state index is 0.0831. The van der Waals surface area contributed by atoms with E-state index in [4.69, 9.17) is 9.47 Å². The highest BCUT2D eigenvalue weighted by molar-refractivity contribution is 6.00. The van der Waals surface area contributed by atoms with Crippen molar-refractivity contribution in [2.45, 2.75) is 19.8 Å². The van der Waals surface area contributed by atoms with Gasteiger partial charge in [-0.05, 0) is 43.5 Å². The van der Waals surface area contributed by atoms with E-state index in [1.54, 1.807) is 7.11 Å². The smallest absolute Gasteiger partial charge is 0.270 e. The summed E-state index contributed by atoms with van der Waals surface area (Å²) in [4.78, 5) is 18.4. The first-order chi connectivity index (χ1) is 13.7. The average Bonchev–Trinajstić information content (AvgIpc) is 3.09. The molecule has 0 bridgehead atoms. The molecule has 0 radical (unpaired) electrons. The molecule has 1 aliphatic rings. The standard InChI is InChI=1S/C23H26N2O3/c1-16-20-10-3-4-11-21(20)24-22(16)23(26)25-12-6-7-17(14-25)15-28-19-9-5-8-18(13-19)27-2/h3-5,8-11,13,17,24H,6-7,12,14-15H2,1-2H3. The first kappa shape index (κ1) is 18.4. The van der Waals surface area contributed by atoms with Gasteiger partial charge in [0.15, 0.2) is 0 Å². The largest absolute Gasteiger partial charge is 0.497 e. The number of nitrogens with one attached hydrogen (secondary N) is 1. The maximum absolute atomic E-state index is 13.1. The zero-order chi connectivity index (χ0) is 19.5. The highest BCUT2D eigenvalue weighted by Crippen LogP contribution is 2.26. The van der Waals surface area contributed by atoms with Gasteiger partial charge in [0.1, 0.15) is 17.2 Å². The van der Waals surface area contributed by atoms with Gasteiger partial charge >= 0.3 is 0 Å². The number of aromatic amines is 1. The van der Waals surface area contributed by atoms with E-state index in [-0.39, 0.29) is 5.91 Å². The SMILES string of the molecule is COc1cccc(OCC2CCCN(C(=O)c3[nH]c4ccccc4c3C)C2)c1. The number of rotatable bonds is 5. The maximum Gasteiger partial charge on any atom is 0.270 e. The van der Waals surface area contributed by atoms with E-state index >= 15 is 0 Å². The van der Waals surface area contributed by atoms with Crippen LogP contribution in [0.5, 0.6) is 11.5 Å². The normalized spacial score (nSPS) is 16.9. The number of carbonyl (C=O) groups is 1. The summed E-state index contributed by atoms with van der Waals surface area (Å²) in [5.74, 6) is 2.00. The van der Waals surface area contributed by atoms with Crippen molar-refractivity contribution in [1.82, 2.24) is 9.88 Å². The van der Waals surface area contributed by atoms with Crippen LogP contribution in [0.4, 0.5) is 0 Å². The minimum atomic E-state index is 0.0831. The van der Waals surface area contributed by atoms with Crippen LogP contribution in [0.1, 0.15) is 28.9 Å². The fourth-order valence-corrected chi connectivity index (χ4v) is 3.94. The summed E-state index contributed by atoms with van der Waals surface area (Å²) in [6, 6.07) is 15.7. The molecule has 146 valence electrons. The molecule has 4 rings (SSSR count). The predicted molar refractivity (Wildman–Crippen MR) is 110 cm³/mol. The van der Waals surface area contributed by atoms with Crippen molar-refractivity contribution >= 4 is 16.8 Å². The molecule has 1 saturated heterocycles. The molecular formula is C23H26N2O3. The first-order valence-corrected chi connectivity index (χ1v) is 9.79. The molecule has 3 aromatic rings. The first-order valence-electron chi connectivity index (χ1n) is 9.79. The molecule has 1 unspecified atom stereocenters. The second-order valence-electron chi connectivity index (χ2n) is 7.42. The van der Waals surface area contributed by atoms with Crippen LogP contribution >= 0.6 is 0 Å². The van der Waals surface area contributed by atoms with Crippen LogP contribution in [0.2, 0.25) is 0 Å². The fraction of sp³-hybridized carbons (Fsp3) is 0.348. The molecule has 2 heterocycles. The lowest BCUT2D eigenvalue weighted by Crippen LogP contribution is -2.42. The summed E-state index contributed by atoms with van der Waals surface area (Å²) in [5, 5.41) is 1.11. The van der Waals surface area contributed by atoms with Gasteiger partial charge in [0.05, 0.1) is 13.7 Å². The minimum Gasteiger partial charge on any atom is -0.497 e. The van der Waals surface area contributed by atoms with Crippen LogP contribution in [0.3, 0.4) is 0 Å². The Balaban J connectivity index is 1.42. The number of hydrogen-bond donors (Lipinski definition) is 1. The summed E-state index contributed by atoms with van der Waals surface area (Å²) in [5.41, 5.74) is 2.74. The van der Waals surface area contributed by atoms with Crippen molar-refractivity contribution in [3.8, 4) is 11.5 Å². The molecule has 28 heavy (non-hydrogen) atoms. The third-order valence-corrected chi connectivity index (χ3v) is 5.51. The Bertz CT molecular complexity index is 979. The maximum atomic E-state index is 13.1. The predicted octanol–water partition coefficient (Wildman–Crippen LogP) is 4.42. The quantitative estimate of drug-likeness (QED) is 0.715. The van der Waals surface area contributed by atoms with Crippen LogP contribution < -0.4 is 9.47 Å². The third kappa shape index (κ3) is 3.70.